The molecule has 0 aliphatic carbocycles. The molecule has 112 valence electrons. The Morgan fingerprint density at radius 3 is 2.60 bits per heavy atom. The summed E-state index contributed by atoms with van der Waals surface area (Å²) in [7, 11) is 0. The van der Waals surface area contributed by atoms with Crippen LogP contribution in [0.15, 0.2) is 24.3 Å². The van der Waals surface area contributed by atoms with Gasteiger partial charge in [-0.1, -0.05) is 12.1 Å². The van der Waals surface area contributed by atoms with Gasteiger partial charge in [0.05, 0.1) is 18.8 Å². The molecule has 0 radical (unpaired) electrons. The number of rotatable bonds is 4. The highest BCUT2D eigenvalue weighted by molar-refractivity contribution is 5.34. The lowest BCUT2D eigenvalue weighted by atomic mass is 10.0. The molecular weight excluding hydrogens is 274 g/mol. The van der Waals surface area contributed by atoms with Gasteiger partial charge in [-0.15, -0.1) is 0 Å². The number of alkyl halides is 2. The molecule has 20 heavy (non-hydrogen) atoms. The van der Waals surface area contributed by atoms with Gasteiger partial charge >= 0.3 is 0 Å². The van der Waals surface area contributed by atoms with E-state index >= 15 is 0 Å². The summed E-state index contributed by atoms with van der Waals surface area (Å²) in [6.45, 7) is -0.556. The zero-order chi connectivity index (χ0) is 14.7. The van der Waals surface area contributed by atoms with Gasteiger partial charge in [-0.2, -0.15) is 0 Å². The fraction of sp³-hybridized carbons (Fsp3) is 0.538. The molecular formula is C13H16F2O5. The van der Waals surface area contributed by atoms with E-state index in [1.165, 1.54) is 24.3 Å². The van der Waals surface area contributed by atoms with Gasteiger partial charge in [0, 0.05) is 0 Å². The molecule has 5 nitrogen and oxygen atoms in total. The summed E-state index contributed by atoms with van der Waals surface area (Å²) in [6, 6.07) is 5.57. The van der Waals surface area contributed by atoms with E-state index in [-0.39, 0.29) is 17.9 Å². The van der Waals surface area contributed by atoms with Crippen molar-refractivity contribution < 1.29 is 33.6 Å². The second-order valence-electron chi connectivity index (χ2n) is 4.53. The van der Waals surface area contributed by atoms with Crippen LogP contribution in [0.3, 0.4) is 0 Å². The number of ether oxygens (including phenoxy) is 2. The van der Waals surface area contributed by atoms with Crippen LogP contribution >= 0.6 is 0 Å². The predicted molar refractivity (Wildman–Crippen MR) is 64.7 cm³/mol. The number of halogens is 2. The van der Waals surface area contributed by atoms with E-state index in [4.69, 9.17) is 14.6 Å². The van der Waals surface area contributed by atoms with Gasteiger partial charge < -0.3 is 24.8 Å². The first-order valence-corrected chi connectivity index (χ1v) is 6.17. The fourth-order valence-electron chi connectivity index (χ4n) is 2.05. The molecule has 0 amide bonds. The van der Waals surface area contributed by atoms with Gasteiger partial charge in [0.1, 0.15) is 24.1 Å². The molecule has 3 N–H and O–H groups in total. The Kier molecular flexibility index (Phi) is 4.87. The first kappa shape index (κ1) is 15.1. The van der Waals surface area contributed by atoms with Crippen molar-refractivity contribution in [2.75, 3.05) is 13.2 Å². The van der Waals surface area contributed by atoms with E-state index in [1.807, 2.05) is 0 Å². The maximum atomic E-state index is 12.8. The van der Waals surface area contributed by atoms with Crippen molar-refractivity contribution in [3.63, 3.8) is 0 Å². The minimum atomic E-state index is -2.71. The Labute approximate surface area is 114 Å². The Balaban J connectivity index is 2.11. The highest BCUT2D eigenvalue weighted by atomic mass is 19.3. The molecule has 1 aliphatic rings. The number of hydrogen-bond acceptors (Lipinski definition) is 5. The maximum Gasteiger partial charge on any atom is 0.267 e. The van der Waals surface area contributed by atoms with Crippen LogP contribution < -0.4 is 4.74 Å². The van der Waals surface area contributed by atoms with Crippen molar-refractivity contribution >= 4 is 0 Å². The van der Waals surface area contributed by atoms with E-state index < -0.39 is 37.4 Å². The molecule has 1 heterocycles. The highest BCUT2D eigenvalue weighted by Crippen LogP contribution is 2.30. The lowest BCUT2D eigenvalue weighted by molar-refractivity contribution is -0.189. The molecule has 1 aliphatic heterocycles. The van der Waals surface area contributed by atoms with E-state index in [0.717, 1.165) is 0 Å². The van der Waals surface area contributed by atoms with Crippen LogP contribution in [0.2, 0.25) is 0 Å². The molecule has 2 rings (SSSR count). The van der Waals surface area contributed by atoms with Crippen molar-refractivity contribution in [3.8, 4) is 5.75 Å². The first-order valence-electron chi connectivity index (χ1n) is 6.17. The van der Waals surface area contributed by atoms with Crippen LogP contribution in [0, 0.1) is 0 Å². The van der Waals surface area contributed by atoms with Crippen molar-refractivity contribution in [2.45, 2.75) is 30.8 Å². The zero-order valence-electron chi connectivity index (χ0n) is 10.5. The lowest BCUT2D eigenvalue weighted by Gasteiger charge is -2.37. The number of aliphatic hydroxyl groups excluding tert-OH is 3. The van der Waals surface area contributed by atoms with E-state index in [9.17, 15) is 19.0 Å². The standard InChI is InChI=1S/C13H16F2O5/c14-13(15)7-3-1-2-4-8(7)20-10-6-19-9(5-16)11(17)12(10)18/h1-4,9-13,16-18H,5-6H2/t9-,10+,11-,12-/m1/s1. The van der Waals surface area contributed by atoms with E-state index in [1.54, 1.807) is 0 Å². The molecule has 0 aromatic heterocycles. The highest BCUT2D eigenvalue weighted by Gasteiger charge is 2.39. The Hall–Kier alpha value is -1.28. The molecule has 0 bridgehead atoms. The smallest absolute Gasteiger partial charge is 0.267 e. The molecule has 0 saturated carbocycles. The van der Waals surface area contributed by atoms with Crippen LogP contribution in [0.25, 0.3) is 0 Å². The minimum absolute atomic E-state index is 0.0650. The van der Waals surface area contributed by atoms with Crippen LogP contribution in [0.5, 0.6) is 5.75 Å². The van der Waals surface area contributed by atoms with Crippen molar-refractivity contribution in [1.82, 2.24) is 0 Å². The third-order valence-corrected chi connectivity index (χ3v) is 3.20. The molecule has 7 heteroatoms. The van der Waals surface area contributed by atoms with E-state index in [2.05, 4.69) is 0 Å². The van der Waals surface area contributed by atoms with Crippen LogP contribution in [-0.4, -0.2) is 52.9 Å². The van der Waals surface area contributed by atoms with Crippen molar-refractivity contribution in [1.29, 1.82) is 0 Å². The largest absolute Gasteiger partial charge is 0.485 e. The SMILES string of the molecule is OC[C@H]1OC[C@H](Oc2ccccc2C(F)F)[C@@H](O)[C@@H]1O. The molecule has 1 aromatic rings. The lowest BCUT2D eigenvalue weighted by Crippen LogP contribution is -2.56. The third kappa shape index (κ3) is 3.06. The van der Waals surface area contributed by atoms with E-state index in [0.29, 0.717) is 0 Å². The average molecular weight is 290 g/mol. The Bertz CT molecular complexity index is 443. The van der Waals surface area contributed by atoms with Crippen LogP contribution in [0.1, 0.15) is 12.0 Å². The number of hydrogen-bond donors (Lipinski definition) is 3. The van der Waals surface area contributed by atoms with Crippen LogP contribution in [-0.2, 0) is 4.74 Å². The normalized spacial score (nSPS) is 30.5. The van der Waals surface area contributed by atoms with Gasteiger partial charge in [0.25, 0.3) is 6.43 Å². The van der Waals surface area contributed by atoms with Gasteiger partial charge in [0.15, 0.2) is 6.10 Å². The molecule has 0 unspecified atom stereocenters. The zero-order valence-corrected chi connectivity index (χ0v) is 10.5. The average Bonchev–Trinajstić information content (AvgIpc) is 2.44. The quantitative estimate of drug-likeness (QED) is 0.752. The van der Waals surface area contributed by atoms with Crippen molar-refractivity contribution in [2.24, 2.45) is 0 Å². The predicted octanol–water partition coefficient (Wildman–Crippen LogP) is 0.485. The minimum Gasteiger partial charge on any atom is -0.485 e. The first-order chi connectivity index (χ1) is 9.54. The second-order valence-corrected chi connectivity index (χ2v) is 4.53. The summed E-state index contributed by atoms with van der Waals surface area (Å²) in [6.07, 6.45) is -7.25. The van der Waals surface area contributed by atoms with Gasteiger partial charge in [-0.25, -0.2) is 8.78 Å². The van der Waals surface area contributed by atoms with Gasteiger partial charge in [-0.05, 0) is 12.1 Å². The topological polar surface area (TPSA) is 79.2 Å². The third-order valence-electron chi connectivity index (χ3n) is 3.20. The number of aliphatic hydroxyl groups is 3. The molecule has 1 aromatic carbocycles. The van der Waals surface area contributed by atoms with Gasteiger partial charge in [-0.3, -0.25) is 0 Å². The molecule has 1 fully saturated rings. The summed E-state index contributed by atoms with van der Waals surface area (Å²) in [4.78, 5) is 0. The summed E-state index contributed by atoms with van der Waals surface area (Å²) in [5, 5.41) is 28.5. The second kappa shape index (κ2) is 6.45. The van der Waals surface area contributed by atoms with Crippen LogP contribution in [0.4, 0.5) is 8.78 Å². The Morgan fingerprint density at radius 2 is 1.95 bits per heavy atom. The monoisotopic (exact) mass is 290 g/mol. The fourth-order valence-corrected chi connectivity index (χ4v) is 2.05. The molecule has 4 atom stereocenters. The Morgan fingerprint density at radius 1 is 1.25 bits per heavy atom. The van der Waals surface area contributed by atoms with Gasteiger partial charge in [0.2, 0.25) is 0 Å². The maximum absolute atomic E-state index is 12.8. The number of benzene rings is 1. The summed E-state index contributed by atoms with van der Waals surface area (Å²) >= 11 is 0. The summed E-state index contributed by atoms with van der Waals surface area (Å²) in [5.41, 5.74) is -0.293. The van der Waals surface area contributed by atoms with Crippen molar-refractivity contribution in [3.05, 3.63) is 29.8 Å². The summed E-state index contributed by atoms with van der Waals surface area (Å²) < 4.78 is 36.1. The summed E-state index contributed by atoms with van der Waals surface area (Å²) in [5.74, 6) is -0.0650. The number of para-hydroxylation sites is 1. The molecule has 1 saturated heterocycles. The molecule has 0 spiro atoms.